The zero-order valence-electron chi connectivity index (χ0n) is 33.9. The second kappa shape index (κ2) is 19.0. The Morgan fingerprint density at radius 2 is 0.983 bits per heavy atom. The van der Waals surface area contributed by atoms with Gasteiger partial charge in [-0.25, -0.2) is 5.01 Å². The van der Waals surface area contributed by atoms with E-state index in [-0.39, 0.29) is 12.0 Å². The van der Waals surface area contributed by atoms with Crippen molar-refractivity contribution < 1.29 is 4.74 Å². The van der Waals surface area contributed by atoms with Crippen molar-refractivity contribution in [3.8, 4) is 5.88 Å². The first-order chi connectivity index (χ1) is 29.1. The van der Waals surface area contributed by atoms with Crippen LogP contribution in [0.3, 0.4) is 0 Å². The highest BCUT2D eigenvalue weighted by molar-refractivity contribution is 6.02. The van der Waals surface area contributed by atoms with Crippen molar-refractivity contribution in [3.05, 3.63) is 228 Å². The molecule has 1 aliphatic heterocycles. The molecule has 7 aromatic rings. The van der Waals surface area contributed by atoms with E-state index in [0.717, 1.165) is 49.7 Å². The molecule has 6 heteroatoms. The second-order valence-corrected chi connectivity index (χ2v) is 15.0. The van der Waals surface area contributed by atoms with E-state index in [0.29, 0.717) is 5.88 Å². The monoisotopic (exact) mass is 773 g/mol. The molecule has 0 saturated carbocycles. The smallest absolute Gasteiger partial charge is 0.214 e. The maximum Gasteiger partial charge on any atom is 0.214 e. The zero-order chi connectivity index (χ0) is 40.2. The third-order valence-electron chi connectivity index (χ3n) is 11.0. The highest BCUT2D eigenvalue weighted by Crippen LogP contribution is 2.41. The summed E-state index contributed by atoms with van der Waals surface area (Å²) in [6.45, 7) is 5.53. The number of anilines is 3. The molecular weight excluding hydrogens is 723 g/mol. The number of allylic oxidation sites excluding steroid dienone is 1. The van der Waals surface area contributed by atoms with Gasteiger partial charge in [-0.15, -0.1) is 0 Å². The molecule has 0 aliphatic carbocycles. The molecule has 6 aromatic carbocycles. The maximum atomic E-state index is 5.56. The third kappa shape index (κ3) is 9.79. The van der Waals surface area contributed by atoms with Gasteiger partial charge in [-0.1, -0.05) is 165 Å². The largest absolute Gasteiger partial charge is 0.481 e. The van der Waals surface area contributed by atoms with Crippen LogP contribution in [0.2, 0.25) is 0 Å². The summed E-state index contributed by atoms with van der Waals surface area (Å²) >= 11 is 0. The number of pyridine rings is 1. The highest BCUT2D eigenvalue weighted by atomic mass is 16.5. The Kier molecular flexibility index (Phi) is 12.5. The number of methoxy groups -OCH3 is 1. The van der Waals surface area contributed by atoms with Crippen molar-refractivity contribution in [1.82, 2.24) is 4.98 Å². The van der Waals surface area contributed by atoms with Crippen LogP contribution in [0.15, 0.2) is 199 Å². The van der Waals surface area contributed by atoms with E-state index in [2.05, 4.69) is 204 Å². The number of aromatic nitrogens is 1. The quantitative estimate of drug-likeness (QED) is 0.0978. The first-order valence-electron chi connectivity index (χ1n) is 20.6. The molecule has 0 radical (unpaired) electrons. The van der Waals surface area contributed by atoms with Crippen LogP contribution in [-0.4, -0.2) is 17.8 Å². The van der Waals surface area contributed by atoms with E-state index in [9.17, 15) is 0 Å². The number of hydrogen-bond donors (Lipinski definition) is 0. The van der Waals surface area contributed by atoms with E-state index in [1.54, 1.807) is 7.11 Å². The Morgan fingerprint density at radius 1 is 0.525 bits per heavy atom. The summed E-state index contributed by atoms with van der Waals surface area (Å²) in [5, 5.41) is 7.38. The number of hydrazone groups is 1. The minimum Gasteiger partial charge on any atom is -0.481 e. The van der Waals surface area contributed by atoms with Crippen molar-refractivity contribution in [2.45, 2.75) is 45.6 Å². The molecule has 1 aromatic heterocycles. The predicted octanol–water partition coefficient (Wildman–Crippen LogP) is 12.2. The summed E-state index contributed by atoms with van der Waals surface area (Å²) < 4.78 is 5.56. The average molecular weight is 774 g/mol. The molecule has 0 fully saturated rings. The van der Waals surface area contributed by atoms with Crippen LogP contribution in [0.25, 0.3) is 6.08 Å². The lowest BCUT2D eigenvalue weighted by atomic mass is 9.87. The summed E-state index contributed by atoms with van der Waals surface area (Å²) in [5.41, 5.74) is 10.8. The zero-order valence-corrected chi connectivity index (χ0v) is 33.9. The molecular formula is C53H51N5O. The van der Waals surface area contributed by atoms with Gasteiger partial charge in [0, 0.05) is 49.5 Å². The first-order valence-corrected chi connectivity index (χ1v) is 20.6. The Morgan fingerprint density at radius 3 is 1.42 bits per heavy atom. The summed E-state index contributed by atoms with van der Waals surface area (Å²) in [7, 11) is 1.66. The molecule has 0 saturated heterocycles. The third-order valence-corrected chi connectivity index (χ3v) is 11.0. The Labute approximate surface area is 349 Å². The normalized spacial score (nSPS) is 14.9. The Hall–Kier alpha value is -6.92. The van der Waals surface area contributed by atoms with E-state index in [4.69, 9.17) is 14.8 Å². The Balaban J connectivity index is 1.06. The second-order valence-electron chi connectivity index (χ2n) is 15.0. The lowest BCUT2D eigenvalue weighted by molar-refractivity contribution is 0.397. The van der Waals surface area contributed by atoms with Crippen molar-refractivity contribution in [3.63, 3.8) is 0 Å². The van der Waals surface area contributed by atoms with Crippen molar-refractivity contribution in [2.75, 3.05) is 21.9 Å². The van der Waals surface area contributed by atoms with Gasteiger partial charge in [-0.2, -0.15) is 10.1 Å². The number of nitrogens with zero attached hydrogens (tertiary/aromatic N) is 5. The van der Waals surface area contributed by atoms with Crippen molar-refractivity contribution >= 4 is 29.0 Å². The van der Waals surface area contributed by atoms with Gasteiger partial charge in [0.15, 0.2) is 5.82 Å². The highest BCUT2D eigenvalue weighted by Gasteiger charge is 2.38. The molecule has 0 spiro atoms. The van der Waals surface area contributed by atoms with Gasteiger partial charge in [0.2, 0.25) is 5.88 Å². The molecule has 59 heavy (non-hydrogen) atoms. The summed E-state index contributed by atoms with van der Waals surface area (Å²) in [4.78, 5) is 9.73. The molecule has 2 unspecified atom stereocenters. The van der Waals surface area contributed by atoms with Crippen molar-refractivity contribution in [2.24, 2.45) is 11.0 Å². The van der Waals surface area contributed by atoms with Crippen LogP contribution in [-0.2, 0) is 26.2 Å². The number of ether oxygens (including phenoxy) is 1. The van der Waals surface area contributed by atoms with Crippen molar-refractivity contribution in [1.29, 1.82) is 0 Å². The fourth-order valence-electron chi connectivity index (χ4n) is 7.95. The summed E-state index contributed by atoms with van der Waals surface area (Å²) in [6, 6.07) is 66.5. The van der Waals surface area contributed by atoms with Crippen LogP contribution >= 0.6 is 0 Å². The molecule has 0 amide bonds. The van der Waals surface area contributed by atoms with Gasteiger partial charge in [0.25, 0.3) is 0 Å². The average Bonchev–Trinajstić information content (AvgIpc) is 3.68. The van der Waals surface area contributed by atoms with E-state index < -0.39 is 0 Å². The van der Waals surface area contributed by atoms with Crippen LogP contribution in [0, 0.1) is 5.92 Å². The van der Waals surface area contributed by atoms with E-state index >= 15 is 0 Å². The van der Waals surface area contributed by atoms with Gasteiger partial charge >= 0.3 is 0 Å². The molecule has 2 heterocycles. The lowest BCUT2D eigenvalue weighted by Gasteiger charge is -2.29. The minimum absolute atomic E-state index is 0.0445. The van der Waals surface area contributed by atoms with Crippen LogP contribution in [0.5, 0.6) is 5.88 Å². The fraction of sp³-hybridized carbons (Fsp3) is 0.170. The molecule has 6 nitrogen and oxygen atoms in total. The van der Waals surface area contributed by atoms with Gasteiger partial charge in [0.05, 0.1) is 18.9 Å². The van der Waals surface area contributed by atoms with Crippen LogP contribution < -0.4 is 19.5 Å². The molecule has 1 aliphatic rings. The minimum atomic E-state index is -0.0445. The maximum absolute atomic E-state index is 5.56. The molecule has 294 valence electrons. The molecule has 8 rings (SSSR count). The fourth-order valence-corrected chi connectivity index (χ4v) is 7.95. The SMILES string of the molecule is CCC1C(C=Cc2ccc(N(Cc3ccccc3)Cc3ccccc3)cc2)=NN(c2cccc(OC)n2)C1c1ccc(N(Cc2ccccc2)Cc2ccccc2)cc1. The number of benzene rings is 6. The van der Waals surface area contributed by atoms with E-state index in [1.165, 1.54) is 39.2 Å². The summed E-state index contributed by atoms with van der Waals surface area (Å²) in [5.74, 6) is 1.47. The van der Waals surface area contributed by atoms with E-state index in [1.807, 2.05) is 18.2 Å². The molecule has 0 bridgehead atoms. The Bertz CT molecular complexity index is 2340. The standard InChI is InChI=1S/C53H51N5O/c1-3-49-50(36-29-41-27-32-47(33-28-41)56(37-42-17-8-4-9-18-42)38-43-19-10-5-11-20-43)55-58(51-25-16-26-52(54-51)59-2)53(49)46-30-34-48(35-31-46)57(39-44-21-12-6-13-22-44)40-45-23-14-7-15-24-45/h4-36,49,53H,3,37-40H2,1-2H3. The lowest BCUT2D eigenvalue weighted by Crippen LogP contribution is -2.26. The van der Waals surface area contributed by atoms with Crippen LogP contribution in [0.4, 0.5) is 17.2 Å². The number of rotatable bonds is 16. The summed E-state index contributed by atoms with van der Waals surface area (Å²) in [6.07, 6.45) is 5.30. The number of hydrogen-bond acceptors (Lipinski definition) is 6. The topological polar surface area (TPSA) is 44.2 Å². The van der Waals surface area contributed by atoms with Crippen LogP contribution in [0.1, 0.15) is 52.8 Å². The molecule has 2 atom stereocenters. The van der Waals surface area contributed by atoms with Gasteiger partial charge in [-0.05, 0) is 76.2 Å². The predicted molar refractivity (Wildman–Crippen MR) is 245 cm³/mol. The first kappa shape index (κ1) is 38.9. The van der Waals surface area contributed by atoms with Gasteiger partial charge in [0.1, 0.15) is 0 Å². The molecule has 0 N–H and O–H groups in total. The van der Waals surface area contributed by atoms with Gasteiger partial charge in [-0.3, -0.25) is 0 Å². The van der Waals surface area contributed by atoms with Gasteiger partial charge < -0.3 is 14.5 Å².